The van der Waals surface area contributed by atoms with Gasteiger partial charge in [0, 0.05) is 12.2 Å². The smallest absolute Gasteiger partial charge is 0.337 e. The molecule has 0 spiro atoms. The predicted molar refractivity (Wildman–Crippen MR) is 110 cm³/mol. The quantitative estimate of drug-likeness (QED) is 0.534. The topological polar surface area (TPSA) is 79.5 Å². The summed E-state index contributed by atoms with van der Waals surface area (Å²) in [5, 5.41) is 9.55. The summed E-state index contributed by atoms with van der Waals surface area (Å²) in [7, 11) is 1.34. The van der Waals surface area contributed by atoms with Crippen molar-refractivity contribution in [1.29, 1.82) is 0 Å². The van der Waals surface area contributed by atoms with E-state index in [0.717, 1.165) is 11.1 Å². The van der Waals surface area contributed by atoms with Crippen molar-refractivity contribution in [3.05, 3.63) is 82.6 Å². The molecule has 6 nitrogen and oxygen atoms in total. The molecular formula is C21H21N3O3S. The molecule has 144 valence electrons. The summed E-state index contributed by atoms with van der Waals surface area (Å²) < 4.78 is 4.73. The van der Waals surface area contributed by atoms with Gasteiger partial charge in [-0.3, -0.25) is 4.79 Å². The first kappa shape index (κ1) is 19.6. The first-order valence-electron chi connectivity index (χ1n) is 8.78. The second-order valence-corrected chi connectivity index (χ2v) is 6.76. The maximum absolute atomic E-state index is 12.9. The molecule has 0 saturated heterocycles. The van der Waals surface area contributed by atoms with E-state index in [1.165, 1.54) is 7.11 Å². The van der Waals surface area contributed by atoms with E-state index in [1.807, 2.05) is 37.3 Å². The van der Waals surface area contributed by atoms with Crippen molar-refractivity contribution in [1.82, 2.24) is 16.0 Å². The van der Waals surface area contributed by atoms with Crippen molar-refractivity contribution in [2.24, 2.45) is 0 Å². The molecule has 0 fully saturated rings. The number of rotatable bonds is 5. The number of nitrogens with one attached hydrogen (secondary N) is 3. The molecule has 1 atom stereocenters. The van der Waals surface area contributed by atoms with Gasteiger partial charge in [-0.2, -0.15) is 0 Å². The predicted octanol–water partition coefficient (Wildman–Crippen LogP) is 2.58. The average Bonchev–Trinajstić information content (AvgIpc) is 2.71. The van der Waals surface area contributed by atoms with Crippen molar-refractivity contribution in [2.75, 3.05) is 7.11 Å². The molecule has 1 unspecified atom stereocenters. The number of carbonyl (C=O) groups excluding carboxylic acids is 2. The summed E-state index contributed by atoms with van der Waals surface area (Å²) in [5.41, 5.74) is 3.52. The summed E-state index contributed by atoms with van der Waals surface area (Å²) in [4.78, 5) is 24.6. The number of carbonyl (C=O) groups is 2. The third-order valence-corrected chi connectivity index (χ3v) is 4.69. The maximum atomic E-state index is 12.9. The zero-order valence-electron chi connectivity index (χ0n) is 15.6. The Hall–Kier alpha value is -3.19. The van der Waals surface area contributed by atoms with Crippen LogP contribution in [0.25, 0.3) is 0 Å². The minimum Gasteiger partial charge on any atom is -0.465 e. The number of ether oxygens (including phenoxy) is 1. The molecule has 0 bridgehead atoms. The van der Waals surface area contributed by atoms with Crippen LogP contribution in [0.5, 0.6) is 0 Å². The van der Waals surface area contributed by atoms with E-state index in [4.69, 9.17) is 17.0 Å². The van der Waals surface area contributed by atoms with E-state index < -0.39 is 12.0 Å². The molecule has 1 aliphatic rings. The van der Waals surface area contributed by atoms with E-state index >= 15 is 0 Å². The van der Waals surface area contributed by atoms with Crippen LogP contribution in [0.1, 0.15) is 34.5 Å². The molecule has 28 heavy (non-hydrogen) atoms. The Bertz CT molecular complexity index is 924. The maximum Gasteiger partial charge on any atom is 0.337 e. The van der Waals surface area contributed by atoms with Gasteiger partial charge in [-0.15, -0.1) is 0 Å². The first-order chi connectivity index (χ1) is 13.5. The van der Waals surface area contributed by atoms with E-state index in [0.29, 0.717) is 28.5 Å². The lowest BCUT2D eigenvalue weighted by Gasteiger charge is -2.30. The Labute approximate surface area is 169 Å². The molecule has 2 aromatic carbocycles. The third kappa shape index (κ3) is 4.37. The molecule has 1 heterocycles. The molecule has 2 aromatic rings. The number of allylic oxidation sites excluding steroid dienone is 1. The van der Waals surface area contributed by atoms with Gasteiger partial charge < -0.3 is 20.7 Å². The molecule has 3 N–H and O–H groups in total. The van der Waals surface area contributed by atoms with Crippen molar-refractivity contribution < 1.29 is 14.3 Å². The van der Waals surface area contributed by atoms with Crippen LogP contribution in [-0.4, -0.2) is 24.1 Å². The minimum absolute atomic E-state index is 0.189. The third-order valence-electron chi connectivity index (χ3n) is 4.47. The Morgan fingerprint density at radius 2 is 1.79 bits per heavy atom. The fourth-order valence-corrected chi connectivity index (χ4v) is 3.32. The molecule has 0 saturated carbocycles. The number of benzene rings is 2. The Morgan fingerprint density at radius 1 is 1.11 bits per heavy atom. The fraction of sp³-hybridized carbons (Fsp3) is 0.190. The summed E-state index contributed by atoms with van der Waals surface area (Å²) in [6, 6.07) is 16.2. The summed E-state index contributed by atoms with van der Waals surface area (Å²) in [5.74, 6) is -0.598. The standard InChI is InChI=1S/C21H21N3O3S/c1-13-17(19(25)22-12-14-6-4-3-5-7-14)18(24-21(28)23-13)15-8-10-16(11-9-15)20(26)27-2/h3-11,18H,12H2,1-2H3,(H,22,25)(H2,23,24,28). The van der Waals surface area contributed by atoms with Crippen molar-refractivity contribution in [3.63, 3.8) is 0 Å². The van der Waals surface area contributed by atoms with Gasteiger partial charge in [0.2, 0.25) is 0 Å². The van der Waals surface area contributed by atoms with Crippen LogP contribution in [0.4, 0.5) is 0 Å². The van der Waals surface area contributed by atoms with Gasteiger partial charge in [0.05, 0.1) is 24.3 Å². The van der Waals surface area contributed by atoms with E-state index in [2.05, 4.69) is 16.0 Å². The van der Waals surface area contributed by atoms with Crippen LogP contribution in [0, 0.1) is 0 Å². The first-order valence-corrected chi connectivity index (χ1v) is 9.19. The summed E-state index contributed by atoms with van der Waals surface area (Å²) in [6.45, 7) is 2.25. The lowest BCUT2D eigenvalue weighted by molar-refractivity contribution is -0.118. The van der Waals surface area contributed by atoms with Gasteiger partial charge in [-0.25, -0.2) is 4.79 Å². The highest BCUT2D eigenvalue weighted by Crippen LogP contribution is 2.27. The van der Waals surface area contributed by atoms with Gasteiger partial charge in [0.15, 0.2) is 5.11 Å². The Morgan fingerprint density at radius 3 is 2.43 bits per heavy atom. The number of amides is 1. The molecule has 0 radical (unpaired) electrons. The van der Waals surface area contributed by atoms with Crippen molar-refractivity contribution >= 4 is 29.2 Å². The number of esters is 1. The highest BCUT2D eigenvalue weighted by atomic mass is 32.1. The van der Waals surface area contributed by atoms with Gasteiger partial charge in [0.25, 0.3) is 5.91 Å². The number of methoxy groups -OCH3 is 1. The molecule has 0 aliphatic carbocycles. The number of thiocarbonyl (C=S) groups is 1. The molecular weight excluding hydrogens is 374 g/mol. The van der Waals surface area contributed by atoms with Crippen LogP contribution in [0.2, 0.25) is 0 Å². The fourth-order valence-electron chi connectivity index (χ4n) is 3.05. The van der Waals surface area contributed by atoms with Gasteiger partial charge in [-0.05, 0) is 42.4 Å². The second-order valence-electron chi connectivity index (χ2n) is 6.35. The van der Waals surface area contributed by atoms with E-state index in [-0.39, 0.29) is 5.91 Å². The van der Waals surface area contributed by atoms with Crippen LogP contribution in [0.15, 0.2) is 65.9 Å². The van der Waals surface area contributed by atoms with Crippen molar-refractivity contribution in [3.8, 4) is 0 Å². The molecule has 7 heteroatoms. The molecule has 1 amide bonds. The molecule has 1 aliphatic heterocycles. The molecule has 3 rings (SSSR count). The average molecular weight is 395 g/mol. The number of hydrogen-bond donors (Lipinski definition) is 3. The largest absolute Gasteiger partial charge is 0.465 e. The zero-order chi connectivity index (χ0) is 20.1. The number of hydrogen-bond acceptors (Lipinski definition) is 4. The van der Waals surface area contributed by atoms with Gasteiger partial charge in [-0.1, -0.05) is 42.5 Å². The SMILES string of the molecule is COC(=O)c1ccc(C2NC(=S)NC(C)=C2C(=O)NCc2ccccc2)cc1. The molecule has 0 aromatic heterocycles. The zero-order valence-corrected chi connectivity index (χ0v) is 16.4. The van der Waals surface area contributed by atoms with Gasteiger partial charge in [0.1, 0.15) is 0 Å². The Balaban J connectivity index is 1.84. The second kappa shape index (κ2) is 8.67. The monoisotopic (exact) mass is 395 g/mol. The Kier molecular flexibility index (Phi) is 6.06. The highest BCUT2D eigenvalue weighted by Gasteiger charge is 2.29. The van der Waals surface area contributed by atoms with Crippen molar-refractivity contribution in [2.45, 2.75) is 19.5 Å². The van der Waals surface area contributed by atoms with Crippen LogP contribution < -0.4 is 16.0 Å². The highest BCUT2D eigenvalue weighted by molar-refractivity contribution is 7.80. The summed E-state index contributed by atoms with van der Waals surface area (Å²) >= 11 is 5.26. The van der Waals surface area contributed by atoms with Crippen LogP contribution >= 0.6 is 12.2 Å². The lowest BCUT2D eigenvalue weighted by atomic mass is 9.94. The van der Waals surface area contributed by atoms with E-state index in [1.54, 1.807) is 24.3 Å². The van der Waals surface area contributed by atoms with Crippen LogP contribution in [0.3, 0.4) is 0 Å². The van der Waals surface area contributed by atoms with Crippen LogP contribution in [-0.2, 0) is 16.1 Å². The summed E-state index contributed by atoms with van der Waals surface area (Å²) in [6.07, 6.45) is 0. The van der Waals surface area contributed by atoms with E-state index in [9.17, 15) is 9.59 Å². The lowest BCUT2D eigenvalue weighted by Crippen LogP contribution is -2.46. The van der Waals surface area contributed by atoms with Gasteiger partial charge >= 0.3 is 5.97 Å². The normalized spacial score (nSPS) is 16.1. The minimum atomic E-state index is -0.420.